The first-order valence-corrected chi connectivity index (χ1v) is 5.45. The second kappa shape index (κ2) is 6.62. The first-order chi connectivity index (χ1) is 7.61. The summed E-state index contributed by atoms with van der Waals surface area (Å²) in [6, 6.07) is 1.42. The maximum Gasteiger partial charge on any atom is 0.227 e. The molecule has 0 atom stereocenters. The lowest BCUT2D eigenvalue weighted by molar-refractivity contribution is -0.117. The first-order valence-electron chi connectivity index (χ1n) is 4.69. The lowest BCUT2D eigenvalue weighted by atomic mass is 10.4. The standard InChI is InChI=1S/C9H11Cl2N3O2/c1-2-16-4-3-8(15)13-7-5-6(10)12-9(11)14-7/h5H,2-4H2,1H3,(H,12,13,14,15). The van der Waals surface area contributed by atoms with Gasteiger partial charge in [-0.05, 0) is 18.5 Å². The minimum Gasteiger partial charge on any atom is -0.381 e. The number of rotatable bonds is 5. The number of halogens is 2. The van der Waals surface area contributed by atoms with Gasteiger partial charge < -0.3 is 10.1 Å². The van der Waals surface area contributed by atoms with Crippen LogP contribution in [0.3, 0.4) is 0 Å². The number of carbonyl (C=O) groups is 1. The van der Waals surface area contributed by atoms with Crippen LogP contribution in [-0.2, 0) is 9.53 Å². The van der Waals surface area contributed by atoms with Crippen molar-refractivity contribution < 1.29 is 9.53 Å². The number of nitrogens with one attached hydrogen (secondary N) is 1. The van der Waals surface area contributed by atoms with Crippen LogP contribution in [0.1, 0.15) is 13.3 Å². The van der Waals surface area contributed by atoms with Gasteiger partial charge >= 0.3 is 0 Å². The fourth-order valence-electron chi connectivity index (χ4n) is 0.968. The molecular formula is C9H11Cl2N3O2. The molecule has 0 aliphatic rings. The summed E-state index contributed by atoms with van der Waals surface area (Å²) in [7, 11) is 0. The van der Waals surface area contributed by atoms with Crippen LogP contribution >= 0.6 is 23.2 Å². The second-order valence-corrected chi connectivity index (χ2v) is 3.57. The zero-order chi connectivity index (χ0) is 12.0. The Bertz CT molecular complexity index is 354. The molecule has 1 heterocycles. The SMILES string of the molecule is CCOCCC(=O)Nc1cc(Cl)nc(Cl)n1. The van der Waals surface area contributed by atoms with Gasteiger partial charge in [-0.15, -0.1) is 0 Å². The normalized spacial score (nSPS) is 10.2. The topological polar surface area (TPSA) is 64.1 Å². The molecule has 7 heteroatoms. The Labute approximate surface area is 103 Å². The van der Waals surface area contributed by atoms with Gasteiger partial charge in [0.1, 0.15) is 11.0 Å². The number of ether oxygens (including phenoxy) is 1. The fraction of sp³-hybridized carbons (Fsp3) is 0.444. The molecule has 0 aromatic carbocycles. The minimum atomic E-state index is -0.209. The minimum absolute atomic E-state index is 0.00684. The number of amides is 1. The van der Waals surface area contributed by atoms with Crippen LogP contribution in [0.5, 0.6) is 0 Å². The molecule has 1 rings (SSSR count). The smallest absolute Gasteiger partial charge is 0.227 e. The molecular weight excluding hydrogens is 253 g/mol. The monoisotopic (exact) mass is 263 g/mol. The third kappa shape index (κ3) is 4.74. The van der Waals surface area contributed by atoms with Crippen LogP contribution < -0.4 is 5.32 Å². The van der Waals surface area contributed by atoms with Crippen molar-refractivity contribution in [2.24, 2.45) is 0 Å². The summed E-state index contributed by atoms with van der Waals surface area (Å²) < 4.78 is 5.04. The van der Waals surface area contributed by atoms with Crippen molar-refractivity contribution in [3.63, 3.8) is 0 Å². The molecule has 0 unspecified atom stereocenters. The van der Waals surface area contributed by atoms with Crippen molar-refractivity contribution in [3.8, 4) is 0 Å². The van der Waals surface area contributed by atoms with Gasteiger partial charge in [-0.25, -0.2) is 9.97 Å². The largest absolute Gasteiger partial charge is 0.381 e. The highest BCUT2D eigenvalue weighted by molar-refractivity contribution is 6.32. The van der Waals surface area contributed by atoms with E-state index in [1.54, 1.807) is 0 Å². The Morgan fingerprint density at radius 2 is 2.25 bits per heavy atom. The summed E-state index contributed by atoms with van der Waals surface area (Å²) in [6.45, 7) is 2.81. The molecule has 0 aliphatic carbocycles. The quantitative estimate of drug-likeness (QED) is 0.502. The molecule has 1 aromatic rings. The van der Waals surface area contributed by atoms with Gasteiger partial charge in [0.05, 0.1) is 13.0 Å². The van der Waals surface area contributed by atoms with Gasteiger partial charge in [0.15, 0.2) is 0 Å². The van der Waals surface area contributed by atoms with E-state index in [0.29, 0.717) is 13.2 Å². The Morgan fingerprint density at radius 3 is 2.88 bits per heavy atom. The number of hydrogen-bond acceptors (Lipinski definition) is 4. The molecule has 0 saturated carbocycles. The molecule has 0 bridgehead atoms. The molecule has 0 fully saturated rings. The number of carbonyl (C=O) groups excluding carboxylic acids is 1. The van der Waals surface area contributed by atoms with Gasteiger partial charge in [-0.2, -0.15) is 0 Å². The van der Waals surface area contributed by atoms with Crippen molar-refractivity contribution in [1.29, 1.82) is 0 Å². The maximum atomic E-state index is 11.4. The first kappa shape index (κ1) is 13.2. The Balaban J connectivity index is 2.49. The second-order valence-electron chi connectivity index (χ2n) is 2.84. The molecule has 88 valence electrons. The van der Waals surface area contributed by atoms with Gasteiger partial charge in [0.2, 0.25) is 11.2 Å². The zero-order valence-electron chi connectivity index (χ0n) is 8.67. The third-order valence-corrected chi connectivity index (χ3v) is 1.98. The van der Waals surface area contributed by atoms with E-state index in [4.69, 9.17) is 27.9 Å². The molecule has 1 amide bonds. The van der Waals surface area contributed by atoms with Crippen LogP contribution in [-0.4, -0.2) is 29.1 Å². The number of nitrogens with zero attached hydrogens (tertiary/aromatic N) is 2. The van der Waals surface area contributed by atoms with Crippen molar-refractivity contribution in [2.75, 3.05) is 18.5 Å². The fourth-order valence-corrected chi connectivity index (χ4v) is 1.38. The average Bonchev–Trinajstić information content (AvgIpc) is 2.16. The van der Waals surface area contributed by atoms with Crippen molar-refractivity contribution in [3.05, 3.63) is 16.5 Å². The molecule has 0 aliphatic heterocycles. The molecule has 0 saturated heterocycles. The summed E-state index contributed by atoms with van der Waals surface area (Å²) >= 11 is 11.2. The van der Waals surface area contributed by atoms with Crippen molar-refractivity contribution >= 4 is 34.9 Å². The molecule has 1 aromatic heterocycles. The molecule has 16 heavy (non-hydrogen) atoms. The highest BCUT2D eigenvalue weighted by Gasteiger charge is 2.05. The summed E-state index contributed by atoms with van der Waals surface area (Å²) in [4.78, 5) is 18.8. The van der Waals surface area contributed by atoms with E-state index < -0.39 is 0 Å². The average molecular weight is 264 g/mol. The molecule has 0 radical (unpaired) electrons. The summed E-state index contributed by atoms with van der Waals surface area (Å²) in [5.41, 5.74) is 0. The predicted octanol–water partition coefficient (Wildman–Crippen LogP) is 2.15. The van der Waals surface area contributed by atoms with Gasteiger partial charge in [-0.1, -0.05) is 11.6 Å². The van der Waals surface area contributed by atoms with E-state index in [1.807, 2.05) is 6.92 Å². The lowest BCUT2D eigenvalue weighted by Gasteiger charge is -2.04. The Morgan fingerprint density at radius 1 is 1.50 bits per heavy atom. The Hall–Kier alpha value is -0.910. The van der Waals surface area contributed by atoms with E-state index in [1.165, 1.54) is 6.07 Å². The number of anilines is 1. The maximum absolute atomic E-state index is 11.4. The van der Waals surface area contributed by atoms with E-state index in [0.717, 1.165) is 0 Å². The highest BCUT2D eigenvalue weighted by atomic mass is 35.5. The summed E-state index contributed by atoms with van der Waals surface area (Å²) in [6.07, 6.45) is 0.257. The van der Waals surface area contributed by atoms with E-state index >= 15 is 0 Å². The molecule has 0 spiro atoms. The summed E-state index contributed by atoms with van der Waals surface area (Å²) in [5.74, 6) is 0.0748. The third-order valence-electron chi connectivity index (χ3n) is 1.61. The van der Waals surface area contributed by atoms with Gasteiger partial charge in [0.25, 0.3) is 0 Å². The van der Waals surface area contributed by atoms with Gasteiger partial charge in [-0.3, -0.25) is 4.79 Å². The highest BCUT2D eigenvalue weighted by Crippen LogP contribution is 2.14. The van der Waals surface area contributed by atoms with E-state index in [-0.39, 0.29) is 28.6 Å². The number of hydrogen-bond donors (Lipinski definition) is 1. The zero-order valence-corrected chi connectivity index (χ0v) is 10.2. The van der Waals surface area contributed by atoms with Crippen LogP contribution in [0.4, 0.5) is 5.82 Å². The molecule has 1 N–H and O–H groups in total. The van der Waals surface area contributed by atoms with E-state index in [2.05, 4.69) is 15.3 Å². The van der Waals surface area contributed by atoms with Crippen LogP contribution in [0.25, 0.3) is 0 Å². The predicted molar refractivity (Wildman–Crippen MR) is 61.8 cm³/mol. The van der Waals surface area contributed by atoms with Crippen molar-refractivity contribution in [2.45, 2.75) is 13.3 Å². The van der Waals surface area contributed by atoms with Crippen molar-refractivity contribution in [1.82, 2.24) is 9.97 Å². The van der Waals surface area contributed by atoms with Gasteiger partial charge in [0, 0.05) is 12.7 Å². The summed E-state index contributed by atoms with van der Waals surface area (Å²) in [5, 5.41) is 2.72. The molecule has 5 nitrogen and oxygen atoms in total. The van der Waals surface area contributed by atoms with Crippen LogP contribution in [0.15, 0.2) is 6.07 Å². The number of aromatic nitrogens is 2. The Kier molecular flexibility index (Phi) is 5.45. The van der Waals surface area contributed by atoms with Crippen LogP contribution in [0, 0.1) is 0 Å². The van der Waals surface area contributed by atoms with E-state index in [9.17, 15) is 4.79 Å². The van der Waals surface area contributed by atoms with Crippen LogP contribution in [0.2, 0.25) is 10.4 Å². The lowest BCUT2D eigenvalue weighted by Crippen LogP contribution is -2.15.